The van der Waals surface area contributed by atoms with Gasteiger partial charge in [-0.3, -0.25) is 9.52 Å². The fourth-order valence-corrected chi connectivity index (χ4v) is 2.91. The van der Waals surface area contributed by atoms with E-state index in [2.05, 4.69) is 15.4 Å². The lowest BCUT2D eigenvalue weighted by Gasteiger charge is -2.24. The summed E-state index contributed by atoms with van der Waals surface area (Å²) < 4.78 is 25.8. The number of sulfonamides is 1. The summed E-state index contributed by atoms with van der Waals surface area (Å²) in [7, 11) is -3.40. The van der Waals surface area contributed by atoms with Gasteiger partial charge >= 0.3 is 0 Å². The Kier molecular flexibility index (Phi) is 5.19. The Morgan fingerprint density at radius 3 is 2.81 bits per heavy atom. The zero-order chi connectivity index (χ0) is 15.3. The van der Waals surface area contributed by atoms with E-state index in [1.807, 2.05) is 0 Å². The van der Waals surface area contributed by atoms with E-state index in [1.54, 1.807) is 31.2 Å². The quantitative estimate of drug-likeness (QED) is 0.755. The van der Waals surface area contributed by atoms with Gasteiger partial charge in [0.25, 0.3) is 5.91 Å². The number of para-hydroxylation sites is 1. The topological polar surface area (TPSA) is 87.3 Å². The van der Waals surface area contributed by atoms with Crippen LogP contribution in [0.3, 0.4) is 0 Å². The lowest BCUT2D eigenvalue weighted by Crippen LogP contribution is -2.45. The van der Waals surface area contributed by atoms with E-state index in [1.165, 1.54) is 0 Å². The number of benzene rings is 1. The summed E-state index contributed by atoms with van der Waals surface area (Å²) in [6.07, 6.45) is 1.96. The largest absolute Gasteiger partial charge is 0.348 e. The predicted octanol–water partition coefficient (Wildman–Crippen LogP) is 0.930. The third-order valence-corrected chi connectivity index (χ3v) is 4.74. The molecule has 1 saturated heterocycles. The van der Waals surface area contributed by atoms with Gasteiger partial charge in [0.2, 0.25) is 10.0 Å². The Labute approximate surface area is 125 Å². The van der Waals surface area contributed by atoms with Gasteiger partial charge in [0.1, 0.15) is 0 Å². The van der Waals surface area contributed by atoms with E-state index in [-0.39, 0.29) is 17.7 Å². The molecule has 1 aliphatic rings. The number of piperidine rings is 1. The van der Waals surface area contributed by atoms with Gasteiger partial charge in [-0.25, -0.2) is 8.42 Å². The van der Waals surface area contributed by atoms with Crippen LogP contribution in [-0.2, 0) is 10.0 Å². The minimum atomic E-state index is -3.40. The van der Waals surface area contributed by atoms with Gasteiger partial charge in [0.15, 0.2) is 0 Å². The molecule has 7 heteroatoms. The van der Waals surface area contributed by atoms with E-state index in [0.717, 1.165) is 25.9 Å². The molecule has 6 nitrogen and oxygen atoms in total. The highest BCUT2D eigenvalue weighted by Gasteiger charge is 2.19. The molecule has 0 unspecified atom stereocenters. The van der Waals surface area contributed by atoms with Crippen LogP contribution in [0.4, 0.5) is 5.69 Å². The molecule has 1 aromatic rings. The lowest BCUT2D eigenvalue weighted by atomic mass is 10.1. The van der Waals surface area contributed by atoms with Gasteiger partial charge in [0, 0.05) is 12.6 Å². The maximum absolute atomic E-state index is 12.3. The monoisotopic (exact) mass is 311 g/mol. The van der Waals surface area contributed by atoms with Crippen LogP contribution in [0.15, 0.2) is 24.3 Å². The smallest absolute Gasteiger partial charge is 0.253 e. The second kappa shape index (κ2) is 6.91. The molecular weight excluding hydrogens is 290 g/mol. The Morgan fingerprint density at radius 1 is 1.38 bits per heavy atom. The lowest BCUT2D eigenvalue weighted by molar-refractivity contribution is 0.0931. The van der Waals surface area contributed by atoms with E-state index < -0.39 is 10.0 Å². The van der Waals surface area contributed by atoms with Gasteiger partial charge in [-0.2, -0.15) is 0 Å². The summed E-state index contributed by atoms with van der Waals surface area (Å²) in [5.41, 5.74) is 0.667. The molecule has 0 radical (unpaired) electrons. The third kappa shape index (κ3) is 4.44. The summed E-state index contributed by atoms with van der Waals surface area (Å²) >= 11 is 0. The number of anilines is 1. The van der Waals surface area contributed by atoms with Gasteiger partial charge < -0.3 is 10.6 Å². The molecule has 1 aromatic carbocycles. The highest BCUT2D eigenvalue weighted by atomic mass is 32.2. The van der Waals surface area contributed by atoms with Gasteiger partial charge in [0.05, 0.1) is 17.0 Å². The van der Waals surface area contributed by atoms with E-state index in [9.17, 15) is 13.2 Å². The zero-order valence-corrected chi connectivity index (χ0v) is 12.9. The van der Waals surface area contributed by atoms with Crippen molar-refractivity contribution in [3.05, 3.63) is 29.8 Å². The molecule has 1 aliphatic heterocycles. The number of hydrogen-bond acceptors (Lipinski definition) is 4. The Bertz CT molecular complexity index is 595. The van der Waals surface area contributed by atoms with Crippen LogP contribution < -0.4 is 15.4 Å². The minimum absolute atomic E-state index is 0.0322. The molecule has 0 aliphatic carbocycles. The van der Waals surface area contributed by atoms with Gasteiger partial charge in [-0.1, -0.05) is 12.1 Å². The molecule has 1 heterocycles. The number of nitrogens with one attached hydrogen (secondary N) is 3. The highest BCUT2D eigenvalue weighted by molar-refractivity contribution is 7.92. The molecule has 0 aromatic heterocycles. The zero-order valence-electron chi connectivity index (χ0n) is 12.1. The summed E-state index contributed by atoms with van der Waals surface area (Å²) in [6.45, 7) is 3.27. The average molecular weight is 311 g/mol. The van der Waals surface area contributed by atoms with Gasteiger partial charge in [-0.05, 0) is 38.4 Å². The van der Waals surface area contributed by atoms with Crippen LogP contribution >= 0.6 is 0 Å². The molecule has 0 spiro atoms. The maximum Gasteiger partial charge on any atom is 0.253 e. The first kappa shape index (κ1) is 15.8. The fourth-order valence-electron chi connectivity index (χ4n) is 2.25. The van der Waals surface area contributed by atoms with Crippen LogP contribution in [0.25, 0.3) is 0 Å². The van der Waals surface area contributed by atoms with Crippen LogP contribution in [0.2, 0.25) is 0 Å². The first-order valence-corrected chi connectivity index (χ1v) is 8.78. The molecule has 1 amide bonds. The number of carbonyl (C=O) groups is 1. The second-order valence-corrected chi connectivity index (χ2v) is 7.08. The van der Waals surface area contributed by atoms with E-state index in [0.29, 0.717) is 11.3 Å². The predicted molar refractivity (Wildman–Crippen MR) is 82.9 cm³/mol. The van der Waals surface area contributed by atoms with E-state index >= 15 is 0 Å². The summed E-state index contributed by atoms with van der Waals surface area (Å²) in [5.74, 6) is -0.284. The van der Waals surface area contributed by atoms with Crippen molar-refractivity contribution in [3.63, 3.8) is 0 Å². The number of carbonyl (C=O) groups excluding carboxylic acids is 1. The number of amides is 1. The molecule has 2 rings (SSSR count). The molecule has 1 fully saturated rings. The highest BCUT2D eigenvalue weighted by Crippen LogP contribution is 2.17. The molecule has 116 valence electrons. The first-order chi connectivity index (χ1) is 10.0. The van der Waals surface area contributed by atoms with Crippen molar-refractivity contribution >= 4 is 21.6 Å². The summed E-state index contributed by atoms with van der Waals surface area (Å²) in [6, 6.07) is 6.73. The summed E-state index contributed by atoms with van der Waals surface area (Å²) in [4.78, 5) is 12.3. The van der Waals surface area contributed by atoms with Gasteiger partial charge in [-0.15, -0.1) is 0 Å². The van der Waals surface area contributed by atoms with Crippen LogP contribution in [0, 0.1) is 0 Å². The molecule has 0 saturated carbocycles. The molecule has 1 atom stereocenters. The summed E-state index contributed by atoms with van der Waals surface area (Å²) in [5, 5.41) is 6.17. The standard InChI is InChI=1S/C14H21N3O3S/c1-2-21(19,20)17-13-8-4-3-7-12(13)14(18)16-11-6-5-9-15-10-11/h3-4,7-8,11,15,17H,2,5-6,9-10H2,1H3,(H,16,18)/t11-/m0/s1. The number of hydrogen-bond donors (Lipinski definition) is 3. The van der Waals surface area contributed by atoms with Crippen molar-refractivity contribution in [1.82, 2.24) is 10.6 Å². The normalized spacial score (nSPS) is 19.0. The van der Waals surface area contributed by atoms with Crippen molar-refractivity contribution in [3.8, 4) is 0 Å². The second-order valence-electron chi connectivity index (χ2n) is 5.07. The molecule has 21 heavy (non-hydrogen) atoms. The van der Waals surface area contributed by atoms with Crippen molar-refractivity contribution in [2.45, 2.75) is 25.8 Å². The van der Waals surface area contributed by atoms with Crippen molar-refractivity contribution < 1.29 is 13.2 Å². The van der Waals surface area contributed by atoms with Crippen LogP contribution in [0.1, 0.15) is 30.1 Å². The average Bonchev–Trinajstić information content (AvgIpc) is 2.48. The number of rotatable bonds is 5. The Balaban J connectivity index is 2.13. The van der Waals surface area contributed by atoms with Crippen molar-refractivity contribution in [1.29, 1.82) is 0 Å². The van der Waals surface area contributed by atoms with Crippen molar-refractivity contribution in [2.24, 2.45) is 0 Å². The molecule has 3 N–H and O–H groups in total. The Morgan fingerprint density at radius 2 is 2.14 bits per heavy atom. The Hall–Kier alpha value is -1.60. The SMILES string of the molecule is CCS(=O)(=O)Nc1ccccc1C(=O)N[C@H]1CCCNC1. The fraction of sp³-hybridized carbons (Fsp3) is 0.500. The molecule has 0 bridgehead atoms. The van der Waals surface area contributed by atoms with Crippen LogP contribution in [-0.4, -0.2) is 39.2 Å². The van der Waals surface area contributed by atoms with Crippen LogP contribution in [0.5, 0.6) is 0 Å². The molecular formula is C14H21N3O3S. The maximum atomic E-state index is 12.3. The van der Waals surface area contributed by atoms with E-state index in [4.69, 9.17) is 0 Å². The minimum Gasteiger partial charge on any atom is -0.348 e. The first-order valence-electron chi connectivity index (χ1n) is 7.13. The third-order valence-electron chi connectivity index (χ3n) is 3.45. The van der Waals surface area contributed by atoms with Crippen molar-refractivity contribution in [2.75, 3.05) is 23.6 Å².